The lowest BCUT2D eigenvalue weighted by Crippen LogP contribution is -2.48. The van der Waals surface area contributed by atoms with E-state index < -0.39 is 0 Å². The number of aromatic nitrogens is 4. The van der Waals surface area contributed by atoms with Crippen LogP contribution in [0.4, 0.5) is 5.82 Å². The average molecular weight is 689 g/mol. The Morgan fingerprint density at radius 1 is 1.06 bits per heavy atom. The summed E-state index contributed by atoms with van der Waals surface area (Å²) < 4.78 is 17.3. The zero-order chi connectivity index (χ0) is 33.8. The van der Waals surface area contributed by atoms with Gasteiger partial charge in [0.05, 0.1) is 61.6 Å². The number of piperazine rings is 1. The second kappa shape index (κ2) is 17.3. The molecule has 2 aliphatic heterocycles. The van der Waals surface area contributed by atoms with Crippen LogP contribution >= 0.6 is 11.3 Å². The van der Waals surface area contributed by atoms with E-state index in [1.807, 2.05) is 29.3 Å². The third kappa shape index (κ3) is 9.17. The highest BCUT2D eigenvalue weighted by Crippen LogP contribution is 2.36. The lowest BCUT2D eigenvalue weighted by atomic mass is 10.1. The van der Waals surface area contributed by atoms with Gasteiger partial charge in [0.2, 0.25) is 5.91 Å². The van der Waals surface area contributed by atoms with Crippen LogP contribution in [0.1, 0.15) is 17.7 Å². The molecule has 2 fully saturated rings. The third-order valence-electron chi connectivity index (χ3n) is 8.42. The molecule has 258 valence electrons. The van der Waals surface area contributed by atoms with E-state index in [9.17, 15) is 9.59 Å². The van der Waals surface area contributed by atoms with E-state index in [-0.39, 0.29) is 37.7 Å². The SMILES string of the molecule is [N-]=[N+]=NCCOCCOC/C=C/C(=O)CCC(=O)N1CCN(Cc2cc3nc(-c4cccc5[nH]ncc45)nc(N4CCOCC4)c3s2)CC1. The molecule has 0 radical (unpaired) electrons. The summed E-state index contributed by atoms with van der Waals surface area (Å²) in [5.41, 5.74) is 11.0. The van der Waals surface area contributed by atoms with Gasteiger partial charge in [-0.15, -0.1) is 11.3 Å². The number of carbonyl (C=O) groups is 2. The molecule has 3 aromatic heterocycles. The Morgan fingerprint density at radius 2 is 1.90 bits per heavy atom. The Labute approximate surface area is 287 Å². The summed E-state index contributed by atoms with van der Waals surface area (Å²) in [6.07, 6.45) is 5.30. The number of ketones is 1. The minimum Gasteiger partial charge on any atom is -0.379 e. The van der Waals surface area contributed by atoms with Crippen molar-refractivity contribution in [2.45, 2.75) is 19.4 Å². The Morgan fingerprint density at radius 3 is 2.73 bits per heavy atom. The molecule has 49 heavy (non-hydrogen) atoms. The van der Waals surface area contributed by atoms with Gasteiger partial charge >= 0.3 is 0 Å². The lowest BCUT2D eigenvalue weighted by Gasteiger charge is -2.34. The van der Waals surface area contributed by atoms with Gasteiger partial charge in [0.15, 0.2) is 17.4 Å². The standard InChI is InChI=1S/C33H40N10O5S/c34-40-35-8-16-47-20-19-46-15-2-3-24(44)6-7-30(45)42-11-9-41(10-12-42)23-25-21-29-31(49-25)33(43-13-17-48-18-14-43)38-32(37-29)26-4-1-5-28-27(26)22-36-39-28/h1-5,21-22H,6-20,23H2,(H,36,39)/b3-2+. The molecule has 15 nitrogen and oxygen atoms in total. The summed E-state index contributed by atoms with van der Waals surface area (Å²) in [6.45, 7) is 8.10. The van der Waals surface area contributed by atoms with Gasteiger partial charge < -0.3 is 24.0 Å². The fourth-order valence-electron chi connectivity index (χ4n) is 5.86. The van der Waals surface area contributed by atoms with Gasteiger partial charge in [0.25, 0.3) is 0 Å². The number of fused-ring (bicyclic) bond motifs is 2. The van der Waals surface area contributed by atoms with Crippen LogP contribution in [-0.4, -0.2) is 127 Å². The first-order valence-electron chi connectivity index (χ1n) is 16.5. The number of ether oxygens (including phenoxy) is 3. The van der Waals surface area contributed by atoms with Crippen molar-refractivity contribution in [2.24, 2.45) is 5.11 Å². The van der Waals surface area contributed by atoms with Gasteiger partial charge in [-0.1, -0.05) is 23.3 Å². The number of hydrogen-bond acceptors (Lipinski definition) is 12. The predicted octanol–water partition coefficient (Wildman–Crippen LogP) is 3.96. The summed E-state index contributed by atoms with van der Waals surface area (Å²) in [7, 11) is 0. The number of anilines is 1. The molecule has 0 atom stereocenters. The summed E-state index contributed by atoms with van der Waals surface area (Å²) in [5.74, 6) is 1.53. The van der Waals surface area contributed by atoms with Crippen molar-refractivity contribution >= 4 is 50.0 Å². The van der Waals surface area contributed by atoms with E-state index >= 15 is 0 Å². The highest BCUT2D eigenvalue weighted by molar-refractivity contribution is 7.19. The molecule has 0 bridgehead atoms. The fourth-order valence-corrected chi connectivity index (χ4v) is 7.02. The van der Waals surface area contributed by atoms with Crippen LogP contribution in [0.15, 0.2) is 47.7 Å². The molecule has 6 rings (SSSR count). The van der Waals surface area contributed by atoms with Gasteiger partial charge in [0.1, 0.15) is 0 Å². The molecule has 16 heteroatoms. The van der Waals surface area contributed by atoms with E-state index in [4.69, 9.17) is 29.7 Å². The topological polar surface area (TPSA) is 175 Å². The summed E-state index contributed by atoms with van der Waals surface area (Å²) in [5, 5.41) is 11.6. The normalized spacial score (nSPS) is 15.8. The number of carbonyl (C=O) groups excluding carboxylic acids is 2. The van der Waals surface area contributed by atoms with Gasteiger partial charge in [0, 0.05) is 85.9 Å². The largest absolute Gasteiger partial charge is 0.379 e. The van der Waals surface area contributed by atoms with Crippen LogP contribution in [0, 0.1) is 0 Å². The minimum atomic E-state index is -0.102. The summed E-state index contributed by atoms with van der Waals surface area (Å²) in [4.78, 5) is 45.6. The van der Waals surface area contributed by atoms with Crippen LogP contribution in [0.25, 0.3) is 43.0 Å². The Kier molecular flexibility index (Phi) is 12.1. The number of allylic oxidation sites excluding steroid dienone is 1. The third-order valence-corrected chi connectivity index (χ3v) is 9.52. The van der Waals surface area contributed by atoms with Gasteiger partial charge in [-0.25, -0.2) is 9.97 Å². The number of azide groups is 1. The van der Waals surface area contributed by atoms with E-state index in [1.54, 1.807) is 17.4 Å². The van der Waals surface area contributed by atoms with Crippen molar-refractivity contribution < 1.29 is 23.8 Å². The molecule has 2 aliphatic rings. The molecule has 2 saturated heterocycles. The van der Waals surface area contributed by atoms with E-state index in [0.717, 1.165) is 65.2 Å². The number of benzene rings is 1. The lowest BCUT2D eigenvalue weighted by molar-refractivity contribution is -0.134. The molecule has 0 saturated carbocycles. The average Bonchev–Trinajstić information content (AvgIpc) is 3.78. The second-order valence-electron chi connectivity index (χ2n) is 11.7. The molecule has 1 amide bonds. The molecule has 0 aliphatic carbocycles. The highest BCUT2D eigenvalue weighted by atomic mass is 32.1. The zero-order valence-electron chi connectivity index (χ0n) is 27.3. The number of amides is 1. The summed E-state index contributed by atoms with van der Waals surface area (Å²) >= 11 is 1.73. The quantitative estimate of drug-likeness (QED) is 0.0596. The maximum atomic E-state index is 12.9. The maximum Gasteiger partial charge on any atom is 0.223 e. The van der Waals surface area contributed by atoms with E-state index in [2.05, 4.69) is 36.1 Å². The minimum absolute atomic E-state index is 0.00277. The monoisotopic (exact) mass is 688 g/mol. The first-order chi connectivity index (χ1) is 24.1. The van der Waals surface area contributed by atoms with Crippen LogP contribution in [0.3, 0.4) is 0 Å². The number of nitrogens with one attached hydrogen (secondary N) is 1. The number of rotatable bonds is 16. The molecule has 0 spiro atoms. The molecular weight excluding hydrogens is 648 g/mol. The highest BCUT2D eigenvalue weighted by Gasteiger charge is 2.24. The summed E-state index contributed by atoms with van der Waals surface area (Å²) in [6, 6.07) is 8.21. The van der Waals surface area contributed by atoms with Crippen LogP contribution in [-0.2, 0) is 30.3 Å². The molecule has 1 N–H and O–H groups in total. The van der Waals surface area contributed by atoms with Crippen molar-refractivity contribution in [1.29, 1.82) is 0 Å². The Bertz CT molecular complexity index is 1810. The molecule has 1 aromatic carbocycles. The van der Waals surface area contributed by atoms with E-state index in [0.29, 0.717) is 51.9 Å². The van der Waals surface area contributed by atoms with E-state index in [1.165, 1.54) is 11.0 Å². The van der Waals surface area contributed by atoms with Gasteiger partial charge in [-0.3, -0.25) is 19.6 Å². The number of morpholine rings is 1. The number of nitrogens with zero attached hydrogens (tertiary/aromatic N) is 9. The Hall–Kier alpha value is -4.44. The van der Waals surface area contributed by atoms with Crippen molar-refractivity contribution in [3.05, 3.63) is 57.9 Å². The van der Waals surface area contributed by atoms with Gasteiger partial charge in [-0.2, -0.15) is 5.10 Å². The van der Waals surface area contributed by atoms with Crippen molar-refractivity contribution in [1.82, 2.24) is 30.0 Å². The number of thiophene rings is 1. The first kappa shape index (κ1) is 34.4. The number of hydrogen-bond donors (Lipinski definition) is 1. The zero-order valence-corrected chi connectivity index (χ0v) is 28.1. The number of aromatic amines is 1. The van der Waals surface area contributed by atoms with Crippen LogP contribution in [0.2, 0.25) is 0 Å². The first-order valence-corrected chi connectivity index (χ1v) is 17.3. The van der Waals surface area contributed by atoms with Crippen molar-refractivity contribution in [2.75, 3.05) is 90.4 Å². The fraction of sp³-hybridized carbons (Fsp3) is 0.485. The van der Waals surface area contributed by atoms with Crippen molar-refractivity contribution in [3.63, 3.8) is 0 Å². The second-order valence-corrected chi connectivity index (χ2v) is 12.8. The number of H-pyrrole nitrogens is 1. The maximum absolute atomic E-state index is 12.9. The smallest absolute Gasteiger partial charge is 0.223 e. The molecule has 4 aromatic rings. The van der Waals surface area contributed by atoms with Crippen molar-refractivity contribution in [3.8, 4) is 11.4 Å². The predicted molar refractivity (Wildman–Crippen MR) is 186 cm³/mol. The van der Waals surface area contributed by atoms with Crippen LogP contribution < -0.4 is 4.90 Å². The molecular formula is C33H40N10O5S. The van der Waals surface area contributed by atoms with Crippen LogP contribution in [0.5, 0.6) is 0 Å². The molecule has 0 unspecified atom stereocenters. The Balaban J connectivity index is 0.995. The molecule has 5 heterocycles. The van der Waals surface area contributed by atoms with Gasteiger partial charge in [-0.05, 0) is 23.7 Å².